The summed E-state index contributed by atoms with van der Waals surface area (Å²) >= 11 is 0. The highest BCUT2D eigenvalue weighted by Gasteiger charge is 2.28. The van der Waals surface area contributed by atoms with Gasteiger partial charge >= 0.3 is 0 Å². The van der Waals surface area contributed by atoms with E-state index in [1.807, 2.05) is 109 Å². The van der Waals surface area contributed by atoms with Gasteiger partial charge in [0.1, 0.15) is 11.6 Å². The van der Waals surface area contributed by atoms with Crippen LogP contribution in [0.5, 0.6) is 23.0 Å². The van der Waals surface area contributed by atoms with Crippen LogP contribution in [0.15, 0.2) is 194 Å². The fourth-order valence-electron chi connectivity index (χ4n) is 8.63. The number of benzene rings is 7. The van der Waals surface area contributed by atoms with Gasteiger partial charge in [0.25, 0.3) is 0 Å². The predicted molar refractivity (Wildman–Crippen MR) is 241 cm³/mol. The van der Waals surface area contributed by atoms with Crippen LogP contribution in [0.25, 0.3) is 49.7 Å². The van der Waals surface area contributed by atoms with Crippen LogP contribution in [0.1, 0.15) is 5.56 Å². The molecule has 2 aliphatic heterocycles. The molecule has 0 spiro atoms. The van der Waals surface area contributed by atoms with Crippen molar-refractivity contribution in [2.75, 3.05) is 9.80 Å². The largest absolute Gasteiger partial charge is 0.453 e. The smallest absolute Gasteiger partial charge is 0.151 e. The number of aromatic nitrogens is 3. The molecule has 5 heterocycles. The number of anilines is 6. The van der Waals surface area contributed by atoms with Crippen LogP contribution in [-0.2, 0) is 0 Å². The maximum atomic E-state index is 9.55. The third-order valence-corrected chi connectivity index (χ3v) is 11.5. The molecule has 0 aliphatic carbocycles. The lowest BCUT2D eigenvalue weighted by atomic mass is 10.0. The molecular formula is C53H32N6O2. The Balaban J connectivity index is 0.949. The molecule has 0 N–H and O–H groups in total. The molecule has 0 radical (unpaired) electrons. The molecule has 61 heavy (non-hydrogen) atoms. The minimum atomic E-state index is 0.620. The van der Waals surface area contributed by atoms with Crippen LogP contribution in [0.2, 0.25) is 0 Å². The fourth-order valence-corrected chi connectivity index (χ4v) is 8.63. The second-order valence-corrected chi connectivity index (χ2v) is 15.0. The first kappa shape index (κ1) is 34.4. The summed E-state index contributed by atoms with van der Waals surface area (Å²) in [6, 6.07) is 63.7. The summed E-state index contributed by atoms with van der Waals surface area (Å²) in [5, 5.41) is 11.8. The molecule has 0 bridgehead atoms. The molecular weight excluding hydrogens is 753 g/mol. The quantitative estimate of drug-likeness (QED) is 0.172. The van der Waals surface area contributed by atoms with E-state index in [4.69, 9.17) is 19.4 Å². The number of pyridine rings is 2. The Kier molecular flexibility index (Phi) is 7.74. The van der Waals surface area contributed by atoms with E-state index in [1.54, 1.807) is 0 Å². The Labute approximate surface area is 351 Å². The Morgan fingerprint density at radius 2 is 0.803 bits per heavy atom. The molecule has 12 rings (SSSR count). The zero-order valence-electron chi connectivity index (χ0n) is 32.5. The van der Waals surface area contributed by atoms with E-state index < -0.39 is 0 Å². The lowest BCUT2D eigenvalue weighted by Crippen LogP contribution is -2.16. The molecule has 286 valence electrons. The standard InChI is InChI=1S/C53H32N6O2/c54-31-34-17-23-39(24-18-34)57-42-25-19-35(37-21-27-52(55-32-37)58-44-9-1-5-13-48(44)60-49-14-6-2-10-45(49)58)29-40(42)41-30-36(20-26-43(41)57)38-22-28-53(56-33-38)59-46-11-3-7-15-50(46)61-51-16-8-4-12-47(51)59/h1-30,32-33H. The van der Waals surface area contributed by atoms with Crippen LogP contribution in [0.4, 0.5) is 34.4 Å². The summed E-state index contributed by atoms with van der Waals surface area (Å²) in [7, 11) is 0. The van der Waals surface area contributed by atoms with Gasteiger partial charge in [0.15, 0.2) is 23.0 Å². The fraction of sp³-hybridized carbons (Fsp3) is 0. The molecule has 0 unspecified atom stereocenters. The highest BCUT2D eigenvalue weighted by Crippen LogP contribution is 2.51. The summed E-state index contributed by atoms with van der Waals surface area (Å²) in [5.41, 5.74) is 11.6. The van der Waals surface area contributed by atoms with E-state index in [9.17, 15) is 5.26 Å². The van der Waals surface area contributed by atoms with Gasteiger partial charge in [0.05, 0.1) is 45.4 Å². The van der Waals surface area contributed by atoms with E-state index in [2.05, 4.69) is 105 Å². The second-order valence-electron chi connectivity index (χ2n) is 15.0. The number of nitriles is 1. The minimum absolute atomic E-state index is 0.620. The molecule has 8 nitrogen and oxygen atoms in total. The van der Waals surface area contributed by atoms with Crippen LogP contribution >= 0.6 is 0 Å². The minimum Gasteiger partial charge on any atom is -0.453 e. The Hall–Kier alpha value is -8.67. The highest BCUT2D eigenvalue weighted by molar-refractivity contribution is 6.11. The lowest BCUT2D eigenvalue weighted by molar-refractivity contribution is 0.476. The summed E-state index contributed by atoms with van der Waals surface area (Å²) in [4.78, 5) is 14.4. The topological polar surface area (TPSA) is 79.4 Å². The van der Waals surface area contributed by atoms with Crippen molar-refractivity contribution < 1.29 is 9.47 Å². The number of para-hydroxylation sites is 8. The average molecular weight is 785 g/mol. The van der Waals surface area contributed by atoms with Gasteiger partial charge in [-0.3, -0.25) is 9.80 Å². The molecule has 7 aromatic carbocycles. The molecule has 3 aromatic heterocycles. The van der Waals surface area contributed by atoms with Gasteiger partial charge in [0.2, 0.25) is 0 Å². The molecule has 0 fully saturated rings. The Morgan fingerprint density at radius 3 is 1.18 bits per heavy atom. The van der Waals surface area contributed by atoms with Crippen LogP contribution in [0, 0.1) is 11.3 Å². The lowest BCUT2D eigenvalue weighted by Gasteiger charge is -2.31. The van der Waals surface area contributed by atoms with Crippen molar-refractivity contribution in [3.8, 4) is 57.0 Å². The number of nitrogens with zero attached hydrogens (tertiary/aromatic N) is 6. The molecule has 0 saturated heterocycles. The van der Waals surface area contributed by atoms with Crippen molar-refractivity contribution in [3.63, 3.8) is 0 Å². The zero-order chi connectivity index (χ0) is 40.4. The van der Waals surface area contributed by atoms with Crippen molar-refractivity contribution in [2.45, 2.75) is 0 Å². The first-order valence-electron chi connectivity index (χ1n) is 20.0. The van der Waals surface area contributed by atoms with Crippen molar-refractivity contribution in [3.05, 3.63) is 200 Å². The molecule has 10 aromatic rings. The third-order valence-electron chi connectivity index (χ3n) is 11.5. The summed E-state index contributed by atoms with van der Waals surface area (Å²) in [6.45, 7) is 0. The van der Waals surface area contributed by atoms with Crippen LogP contribution < -0.4 is 19.3 Å². The molecule has 0 atom stereocenters. The third kappa shape index (κ3) is 5.60. The van der Waals surface area contributed by atoms with Crippen LogP contribution in [0.3, 0.4) is 0 Å². The van der Waals surface area contributed by atoms with Gasteiger partial charge < -0.3 is 14.0 Å². The van der Waals surface area contributed by atoms with Crippen molar-refractivity contribution >= 4 is 56.2 Å². The van der Waals surface area contributed by atoms with Gasteiger partial charge in [-0.2, -0.15) is 5.26 Å². The number of hydrogen-bond acceptors (Lipinski definition) is 7. The summed E-state index contributed by atoms with van der Waals surface area (Å²) in [6.07, 6.45) is 3.89. The molecule has 0 saturated carbocycles. The first-order chi connectivity index (χ1) is 30.2. The maximum Gasteiger partial charge on any atom is 0.151 e. The van der Waals surface area contributed by atoms with E-state index >= 15 is 0 Å². The van der Waals surface area contributed by atoms with Gasteiger partial charge in [-0.25, -0.2) is 9.97 Å². The van der Waals surface area contributed by atoms with Crippen molar-refractivity contribution in [2.24, 2.45) is 0 Å². The normalized spacial score (nSPS) is 12.4. The Morgan fingerprint density at radius 1 is 0.410 bits per heavy atom. The number of ether oxygens (including phenoxy) is 2. The van der Waals surface area contributed by atoms with Gasteiger partial charge in [-0.05, 0) is 132 Å². The van der Waals surface area contributed by atoms with Crippen molar-refractivity contribution in [1.29, 1.82) is 5.26 Å². The SMILES string of the molecule is N#Cc1ccc(-n2c3ccc(-c4ccc(N5c6ccccc6Oc6ccccc65)nc4)cc3c3cc(-c4ccc(N5c6ccccc6Oc6ccccc65)nc4)ccc32)cc1. The van der Waals surface area contributed by atoms with Crippen LogP contribution in [-0.4, -0.2) is 14.5 Å². The zero-order valence-corrected chi connectivity index (χ0v) is 32.5. The Bertz CT molecular complexity index is 3100. The van der Waals surface area contributed by atoms with Crippen molar-refractivity contribution in [1.82, 2.24) is 14.5 Å². The second kappa shape index (κ2) is 13.7. The summed E-state index contributed by atoms with van der Waals surface area (Å²) in [5.74, 6) is 4.76. The molecule has 0 amide bonds. The molecule has 2 aliphatic rings. The molecule has 8 heteroatoms. The highest BCUT2D eigenvalue weighted by atomic mass is 16.5. The van der Waals surface area contributed by atoms with Gasteiger partial charge in [-0.1, -0.05) is 60.7 Å². The van der Waals surface area contributed by atoms with E-state index in [0.717, 1.165) is 107 Å². The number of hydrogen-bond donors (Lipinski definition) is 0. The number of rotatable bonds is 5. The van der Waals surface area contributed by atoms with E-state index in [-0.39, 0.29) is 0 Å². The number of fused-ring (bicyclic) bond motifs is 7. The first-order valence-corrected chi connectivity index (χ1v) is 20.0. The monoisotopic (exact) mass is 784 g/mol. The van der Waals surface area contributed by atoms with E-state index in [0.29, 0.717) is 5.56 Å². The van der Waals surface area contributed by atoms with Gasteiger partial charge in [-0.15, -0.1) is 0 Å². The predicted octanol–water partition coefficient (Wildman–Crippen LogP) is 13.9. The average Bonchev–Trinajstić information content (AvgIpc) is 3.65. The van der Waals surface area contributed by atoms with E-state index in [1.165, 1.54) is 0 Å². The van der Waals surface area contributed by atoms with Gasteiger partial charge in [0, 0.05) is 40.0 Å². The maximum absolute atomic E-state index is 9.55. The summed E-state index contributed by atoms with van der Waals surface area (Å²) < 4.78 is 14.7.